The number of nitrogen functional groups attached to an aromatic ring is 1. The first kappa shape index (κ1) is 11.7. The average Bonchev–Trinajstić information content (AvgIpc) is 2.71. The van der Waals surface area contributed by atoms with E-state index in [1.807, 2.05) is 0 Å². The lowest BCUT2D eigenvalue weighted by atomic mass is 10.1. The number of anilines is 2. The second-order valence-corrected chi connectivity index (χ2v) is 5.08. The summed E-state index contributed by atoms with van der Waals surface area (Å²) in [6, 6.07) is 3.69. The Bertz CT molecular complexity index is 395. The molecule has 1 aliphatic heterocycles. The Morgan fingerprint density at radius 3 is 3.00 bits per heavy atom. The quantitative estimate of drug-likeness (QED) is 0.843. The summed E-state index contributed by atoms with van der Waals surface area (Å²) in [5, 5.41) is 0. The zero-order chi connectivity index (χ0) is 11.7. The molecule has 0 saturated carbocycles. The normalized spacial score (nSPS) is 20.4. The van der Waals surface area contributed by atoms with Crippen molar-refractivity contribution >= 4 is 27.3 Å². The van der Waals surface area contributed by atoms with Gasteiger partial charge in [-0.15, -0.1) is 0 Å². The van der Waals surface area contributed by atoms with Crippen molar-refractivity contribution in [2.24, 2.45) is 0 Å². The Balaban J connectivity index is 2.36. The molecule has 1 unspecified atom stereocenters. The topological polar surface area (TPSA) is 29.3 Å². The van der Waals surface area contributed by atoms with Crippen LogP contribution < -0.4 is 10.6 Å². The van der Waals surface area contributed by atoms with Crippen LogP contribution in [-0.2, 0) is 0 Å². The highest BCUT2D eigenvalue weighted by molar-refractivity contribution is 9.10. The van der Waals surface area contributed by atoms with Crippen molar-refractivity contribution in [1.82, 2.24) is 0 Å². The van der Waals surface area contributed by atoms with Gasteiger partial charge in [0.25, 0.3) is 0 Å². The molecule has 2 rings (SSSR count). The van der Waals surface area contributed by atoms with Gasteiger partial charge in [-0.25, -0.2) is 4.39 Å². The van der Waals surface area contributed by atoms with Crippen molar-refractivity contribution in [2.75, 3.05) is 17.2 Å². The first-order valence-electron chi connectivity index (χ1n) is 5.64. The van der Waals surface area contributed by atoms with Gasteiger partial charge >= 0.3 is 0 Å². The molecule has 0 radical (unpaired) electrons. The second-order valence-electron chi connectivity index (χ2n) is 4.22. The van der Waals surface area contributed by atoms with Crippen LogP contribution in [0.25, 0.3) is 0 Å². The number of nitrogens with zero attached hydrogens (tertiary/aromatic N) is 1. The van der Waals surface area contributed by atoms with Gasteiger partial charge in [0.15, 0.2) is 0 Å². The van der Waals surface area contributed by atoms with Gasteiger partial charge in [0, 0.05) is 18.7 Å². The Morgan fingerprint density at radius 1 is 1.56 bits per heavy atom. The van der Waals surface area contributed by atoms with E-state index in [1.54, 1.807) is 6.07 Å². The van der Waals surface area contributed by atoms with E-state index >= 15 is 0 Å². The molecule has 2 nitrogen and oxygen atoms in total. The van der Waals surface area contributed by atoms with Gasteiger partial charge in [-0.3, -0.25) is 0 Å². The summed E-state index contributed by atoms with van der Waals surface area (Å²) in [5.41, 5.74) is 7.43. The number of nitrogens with two attached hydrogens (primary N) is 1. The molecule has 0 spiro atoms. The van der Waals surface area contributed by atoms with Gasteiger partial charge in [-0.1, -0.05) is 6.92 Å². The highest BCUT2D eigenvalue weighted by Gasteiger charge is 2.25. The molecule has 0 aromatic heterocycles. The molecule has 1 aromatic carbocycles. The minimum absolute atomic E-state index is 0.244. The van der Waals surface area contributed by atoms with E-state index in [0.717, 1.165) is 25.1 Å². The van der Waals surface area contributed by atoms with Crippen LogP contribution in [0.2, 0.25) is 0 Å². The minimum Gasteiger partial charge on any atom is -0.397 e. The van der Waals surface area contributed by atoms with Gasteiger partial charge in [0.1, 0.15) is 5.82 Å². The maximum Gasteiger partial charge on any atom is 0.139 e. The summed E-state index contributed by atoms with van der Waals surface area (Å²) in [7, 11) is 0. The molecule has 1 aromatic rings. The Labute approximate surface area is 104 Å². The van der Waals surface area contributed by atoms with E-state index in [0.29, 0.717) is 16.2 Å². The molecule has 1 aliphatic rings. The standard InChI is InChI=1S/C12H16BrFN2/c1-2-8-4-3-5-16(8)12-7-10(14)9(13)6-11(12)15/h6-8H,2-5,15H2,1H3. The van der Waals surface area contributed by atoms with E-state index in [9.17, 15) is 4.39 Å². The van der Waals surface area contributed by atoms with Gasteiger partial charge < -0.3 is 10.6 Å². The summed E-state index contributed by atoms with van der Waals surface area (Å²) in [5.74, 6) is -0.244. The van der Waals surface area contributed by atoms with Crippen molar-refractivity contribution in [2.45, 2.75) is 32.2 Å². The Kier molecular flexibility index (Phi) is 3.38. The molecule has 16 heavy (non-hydrogen) atoms. The number of hydrogen-bond acceptors (Lipinski definition) is 2. The molecule has 4 heteroatoms. The highest BCUT2D eigenvalue weighted by atomic mass is 79.9. The summed E-state index contributed by atoms with van der Waals surface area (Å²) >= 11 is 3.15. The number of halogens is 2. The third-order valence-corrected chi connectivity index (χ3v) is 3.84. The average molecular weight is 287 g/mol. The lowest BCUT2D eigenvalue weighted by Gasteiger charge is -2.27. The fraction of sp³-hybridized carbons (Fsp3) is 0.500. The van der Waals surface area contributed by atoms with Crippen LogP contribution in [0, 0.1) is 5.82 Å². The molecule has 0 amide bonds. The minimum atomic E-state index is -0.244. The number of rotatable bonds is 2. The molecule has 0 aliphatic carbocycles. The van der Waals surface area contributed by atoms with Crippen LogP contribution in [0.4, 0.5) is 15.8 Å². The van der Waals surface area contributed by atoms with Crippen LogP contribution in [0.1, 0.15) is 26.2 Å². The fourth-order valence-electron chi connectivity index (χ4n) is 2.38. The van der Waals surface area contributed by atoms with Crippen LogP contribution in [0.15, 0.2) is 16.6 Å². The van der Waals surface area contributed by atoms with Crippen molar-refractivity contribution in [3.8, 4) is 0 Å². The van der Waals surface area contributed by atoms with E-state index in [2.05, 4.69) is 27.8 Å². The molecular weight excluding hydrogens is 271 g/mol. The second kappa shape index (κ2) is 4.62. The van der Waals surface area contributed by atoms with Crippen molar-refractivity contribution in [3.63, 3.8) is 0 Å². The van der Waals surface area contributed by atoms with E-state index < -0.39 is 0 Å². The lowest BCUT2D eigenvalue weighted by Crippen LogP contribution is -2.29. The van der Waals surface area contributed by atoms with Crippen LogP contribution in [0.3, 0.4) is 0 Å². The van der Waals surface area contributed by atoms with E-state index in [4.69, 9.17) is 5.73 Å². The Morgan fingerprint density at radius 2 is 2.31 bits per heavy atom. The third kappa shape index (κ3) is 2.03. The molecule has 2 N–H and O–H groups in total. The number of benzene rings is 1. The summed E-state index contributed by atoms with van der Waals surface area (Å²) in [6.07, 6.45) is 3.42. The van der Waals surface area contributed by atoms with Crippen LogP contribution in [0.5, 0.6) is 0 Å². The lowest BCUT2D eigenvalue weighted by molar-refractivity contribution is 0.615. The molecule has 1 saturated heterocycles. The van der Waals surface area contributed by atoms with Crippen molar-refractivity contribution < 1.29 is 4.39 Å². The van der Waals surface area contributed by atoms with Gasteiger partial charge in [0.2, 0.25) is 0 Å². The summed E-state index contributed by atoms with van der Waals surface area (Å²) < 4.78 is 13.9. The van der Waals surface area contributed by atoms with Gasteiger partial charge in [-0.2, -0.15) is 0 Å². The van der Waals surface area contributed by atoms with Crippen molar-refractivity contribution in [1.29, 1.82) is 0 Å². The summed E-state index contributed by atoms with van der Waals surface area (Å²) in [6.45, 7) is 3.14. The zero-order valence-corrected chi connectivity index (χ0v) is 10.9. The first-order chi connectivity index (χ1) is 7.63. The maximum absolute atomic E-state index is 13.5. The monoisotopic (exact) mass is 286 g/mol. The molecular formula is C12H16BrFN2. The first-order valence-corrected chi connectivity index (χ1v) is 6.44. The van der Waals surface area contributed by atoms with Crippen LogP contribution >= 0.6 is 15.9 Å². The van der Waals surface area contributed by atoms with Crippen molar-refractivity contribution in [3.05, 3.63) is 22.4 Å². The number of hydrogen-bond donors (Lipinski definition) is 1. The molecule has 1 fully saturated rings. The summed E-state index contributed by atoms with van der Waals surface area (Å²) in [4.78, 5) is 2.23. The highest BCUT2D eigenvalue weighted by Crippen LogP contribution is 2.34. The van der Waals surface area contributed by atoms with E-state index in [1.165, 1.54) is 12.5 Å². The maximum atomic E-state index is 13.5. The SMILES string of the molecule is CCC1CCCN1c1cc(F)c(Br)cc1N. The molecule has 88 valence electrons. The predicted molar refractivity (Wildman–Crippen MR) is 69.2 cm³/mol. The molecule has 1 heterocycles. The fourth-order valence-corrected chi connectivity index (χ4v) is 2.74. The van der Waals surface area contributed by atoms with Gasteiger partial charge in [0.05, 0.1) is 15.8 Å². The smallest absolute Gasteiger partial charge is 0.139 e. The van der Waals surface area contributed by atoms with Crippen LogP contribution in [-0.4, -0.2) is 12.6 Å². The van der Waals surface area contributed by atoms with Gasteiger partial charge in [-0.05, 0) is 41.3 Å². The third-order valence-electron chi connectivity index (χ3n) is 3.23. The van der Waals surface area contributed by atoms with E-state index in [-0.39, 0.29) is 5.82 Å². The molecule has 1 atom stereocenters. The Hall–Kier alpha value is -0.770. The largest absolute Gasteiger partial charge is 0.397 e. The predicted octanol–water partition coefficient (Wildman–Crippen LogP) is 3.55. The molecule has 0 bridgehead atoms. The zero-order valence-electron chi connectivity index (χ0n) is 9.34.